The molecule has 1 heterocycles. The standard InChI is InChI=1S/C15H18F3NO2/c1-2-6-19-13-9-21-8-12(13)14(20)10-4-3-5-11(7-10)15(16,17)18/h3-5,7,12-13,19H,2,6,8-9H2,1H3. The van der Waals surface area contributed by atoms with Crippen LogP contribution in [-0.2, 0) is 10.9 Å². The molecule has 0 bridgehead atoms. The second-order valence-electron chi connectivity index (χ2n) is 5.15. The Balaban J connectivity index is 2.16. The van der Waals surface area contributed by atoms with E-state index in [1.54, 1.807) is 0 Å². The lowest BCUT2D eigenvalue weighted by Gasteiger charge is -2.18. The van der Waals surface area contributed by atoms with E-state index in [4.69, 9.17) is 4.74 Å². The van der Waals surface area contributed by atoms with Gasteiger partial charge in [0, 0.05) is 11.6 Å². The molecule has 0 aromatic heterocycles. The highest BCUT2D eigenvalue weighted by Gasteiger charge is 2.36. The minimum absolute atomic E-state index is 0.0867. The maximum Gasteiger partial charge on any atom is 0.416 e. The van der Waals surface area contributed by atoms with Gasteiger partial charge in [-0.1, -0.05) is 19.1 Å². The summed E-state index contributed by atoms with van der Waals surface area (Å²) in [4.78, 5) is 12.4. The number of alkyl halides is 3. The number of ketones is 1. The number of rotatable bonds is 5. The lowest BCUT2D eigenvalue weighted by Crippen LogP contribution is -2.39. The molecule has 1 aromatic carbocycles. The number of carbonyl (C=O) groups excluding carboxylic acids is 1. The van der Waals surface area contributed by atoms with Crippen molar-refractivity contribution in [3.05, 3.63) is 35.4 Å². The zero-order chi connectivity index (χ0) is 15.5. The summed E-state index contributed by atoms with van der Waals surface area (Å²) < 4.78 is 43.4. The zero-order valence-corrected chi connectivity index (χ0v) is 11.7. The second kappa shape index (κ2) is 6.58. The molecular formula is C15H18F3NO2. The first-order chi connectivity index (χ1) is 9.93. The molecule has 2 rings (SSSR count). The van der Waals surface area contributed by atoms with Crippen LogP contribution in [0.4, 0.5) is 13.2 Å². The van der Waals surface area contributed by atoms with Crippen molar-refractivity contribution in [3.63, 3.8) is 0 Å². The molecule has 6 heteroatoms. The Morgan fingerprint density at radius 1 is 1.38 bits per heavy atom. The van der Waals surface area contributed by atoms with Gasteiger partial charge in [0.2, 0.25) is 0 Å². The SMILES string of the molecule is CCCNC1COCC1C(=O)c1cccc(C(F)(F)F)c1. The number of Topliss-reactive ketones (excluding diaryl/α,β-unsaturated/α-hetero) is 1. The van der Waals surface area contributed by atoms with Gasteiger partial charge in [-0.05, 0) is 25.1 Å². The number of nitrogens with one attached hydrogen (secondary N) is 1. The van der Waals surface area contributed by atoms with Gasteiger partial charge in [-0.15, -0.1) is 0 Å². The molecule has 2 atom stereocenters. The molecular weight excluding hydrogens is 283 g/mol. The Morgan fingerprint density at radius 3 is 2.81 bits per heavy atom. The van der Waals surface area contributed by atoms with Crippen molar-refractivity contribution < 1.29 is 22.7 Å². The molecule has 1 N–H and O–H groups in total. The predicted molar refractivity (Wildman–Crippen MR) is 72.2 cm³/mol. The summed E-state index contributed by atoms with van der Waals surface area (Å²) in [6.07, 6.45) is -3.52. The van der Waals surface area contributed by atoms with Crippen LogP contribution in [0.1, 0.15) is 29.3 Å². The number of benzene rings is 1. The van der Waals surface area contributed by atoms with Crippen molar-refractivity contribution in [3.8, 4) is 0 Å². The molecule has 1 aromatic rings. The van der Waals surface area contributed by atoms with E-state index in [-0.39, 0.29) is 24.0 Å². The van der Waals surface area contributed by atoms with E-state index in [0.29, 0.717) is 6.61 Å². The lowest BCUT2D eigenvalue weighted by molar-refractivity contribution is -0.137. The van der Waals surface area contributed by atoms with Crippen molar-refractivity contribution in [2.75, 3.05) is 19.8 Å². The maximum atomic E-state index is 12.7. The quantitative estimate of drug-likeness (QED) is 0.850. The van der Waals surface area contributed by atoms with Crippen LogP contribution in [0.25, 0.3) is 0 Å². The third-order valence-corrected chi connectivity index (χ3v) is 3.55. The highest BCUT2D eigenvalue weighted by atomic mass is 19.4. The minimum atomic E-state index is -4.44. The van der Waals surface area contributed by atoms with E-state index in [0.717, 1.165) is 25.1 Å². The fourth-order valence-corrected chi connectivity index (χ4v) is 2.41. The summed E-state index contributed by atoms with van der Waals surface area (Å²) in [5.41, 5.74) is -0.714. The smallest absolute Gasteiger partial charge is 0.379 e. The summed E-state index contributed by atoms with van der Waals surface area (Å²) in [6, 6.07) is 4.44. The molecule has 0 radical (unpaired) electrons. The average molecular weight is 301 g/mol. The van der Waals surface area contributed by atoms with Gasteiger partial charge in [0.15, 0.2) is 5.78 Å². The van der Waals surface area contributed by atoms with Crippen LogP contribution >= 0.6 is 0 Å². The Labute approximate surface area is 121 Å². The summed E-state index contributed by atoms with van der Waals surface area (Å²) in [5.74, 6) is -0.729. The van der Waals surface area contributed by atoms with Crippen LogP contribution in [0.3, 0.4) is 0 Å². The first-order valence-corrected chi connectivity index (χ1v) is 6.96. The van der Waals surface area contributed by atoms with Crippen LogP contribution in [0, 0.1) is 5.92 Å². The Kier molecular flexibility index (Phi) is 5.00. The van der Waals surface area contributed by atoms with E-state index in [9.17, 15) is 18.0 Å². The van der Waals surface area contributed by atoms with Gasteiger partial charge < -0.3 is 10.1 Å². The van der Waals surface area contributed by atoms with Gasteiger partial charge in [-0.2, -0.15) is 13.2 Å². The molecule has 0 aliphatic carbocycles. The Bertz CT molecular complexity index is 502. The monoisotopic (exact) mass is 301 g/mol. The zero-order valence-electron chi connectivity index (χ0n) is 11.7. The third kappa shape index (κ3) is 3.83. The molecule has 3 nitrogen and oxygen atoms in total. The molecule has 0 spiro atoms. The van der Waals surface area contributed by atoms with Gasteiger partial charge in [0.05, 0.1) is 24.7 Å². The van der Waals surface area contributed by atoms with Crippen LogP contribution in [0.15, 0.2) is 24.3 Å². The van der Waals surface area contributed by atoms with Crippen molar-refractivity contribution >= 4 is 5.78 Å². The van der Waals surface area contributed by atoms with Crippen LogP contribution < -0.4 is 5.32 Å². The van der Waals surface area contributed by atoms with Crippen molar-refractivity contribution in [1.82, 2.24) is 5.32 Å². The minimum Gasteiger partial charge on any atom is -0.379 e. The van der Waals surface area contributed by atoms with E-state index in [1.807, 2.05) is 6.92 Å². The molecule has 0 amide bonds. The number of halogens is 3. The fraction of sp³-hybridized carbons (Fsp3) is 0.533. The number of hydrogen-bond acceptors (Lipinski definition) is 3. The van der Waals surface area contributed by atoms with E-state index in [1.165, 1.54) is 12.1 Å². The molecule has 0 saturated carbocycles. The molecule has 1 aliphatic rings. The largest absolute Gasteiger partial charge is 0.416 e. The Morgan fingerprint density at radius 2 is 2.14 bits per heavy atom. The molecule has 116 valence electrons. The van der Waals surface area contributed by atoms with Gasteiger partial charge >= 0.3 is 6.18 Å². The second-order valence-corrected chi connectivity index (χ2v) is 5.15. The lowest BCUT2D eigenvalue weighted by atomic mass is 9.92. The van der Waals surface area contributed by atoms with Crippen molar-refractivity contribution in [2.24, 2.45) is 5.92 Å². The molecule has 2 unspecified atom stereocenters. The summed E-state index contributed by atoms with van der Waals surface area (Å²) in [7, 11) is 0. The highest BCUT2D eigenvalue weighted by Crippen LogP contribution is 2.30. The number of ether oxygens (including phenoxy) is 1. The first kappa shape index (κ1) is 16.0. The summed E-state index contributed by atoms with van der Waals surface area (Å²) >= 11 is 0. The normalized spacial score (nSPS) is 22.5. The average Bonchev–Trinajstić information content (AvgIpc) is 2.92. The molecule has 1 fully saturated rings. The van der Waals surface area contributed by atoms with Crippen molar-refractivity contribution in [1.29, 1.82) is 0 Å². The highest BCUT2D eigenvalue weighted by molar-refractivity contribution is 5.98. The van der Waals surface area contributed by atoms with Crippen LogP contribution in [-0.4, -0.2) is 31.6 Å². The Hall–Kier alpha value is -1.40. The molecule has 1 saturated heterocycles. The third-order valence-electron chi connectivity index (χ3n) is 3.55. The predicted octanol–water partition coefficient (Wildman–Crippen LogP) is 2.90. The van der Waals surface area contributed by atoms with E-state index < -0.39 is 17.7 Å². The van der Waals surface area contributed by atoms with Crippen molar-refractivity contribution in [2.45, 2.75) is 25.6 Å². The van der Waals surface area contributed by atoms with Gasteiger partial charge in [-0.3, -0.25) is 4.79 Å². The summed E-state index contributed by atoms with van der Waals surface area (Å²) in [5, 5.41) is 3.21. The van der Waals surface area contributed by atoms with Gasteiger partial charge in [0.1, 0.15) is 0 Å². The van der Waals surface area contributed by atoms with Crippen LogP contribution in [0.5, 0.6) is 0 Å². The van der Waals surface area contributed by atoms with Crippen LogP contribution in [0.2, 0.25) is 0 Å². The topological polar surface area (TPSA) is 38.3 Å². The van der Waals surface area contributed by atoms with E-state index >= 15 is 0 Å². The first-order valence-electron chi connectivity index (χ1n) is 6.96. The number of carbonyl (C=O) groups is 1. The summed E-state index contributed by atoms with van der Waals surface area (Å²) in [6.45, 7) is 3.42. The fourth-order valence-electron chi connectivity index (χ4n) is 2.41. The van der Waals surface area contributed by atoms with Gasteiger partial charge in [0.25, 0.3) is 0 Å². The van der Waals surface area contributed by atoms with Gasteiger partial charge in [-0.25, -0.2) is 0 Å². The number of hydrogen-bond donors (Lipinski definition) is 1. The molecule has 21 heavy (non-hydrogen) atoms. The molecule has 1 aliphatic heterocycles. The maximum absolute atomic E-state index is 12.7. The van der Waals surface area contributed by atoms with E-state index in [2.05, 4.69) is 5.32 Å².